The molecular weight excluding hydrogens is 226 g/mol. The molecule has 0 unspecified atom stereocenters. The Morgan fingerprint density at radius 1 is 1.11 bits per heavy atom. The molecule has 3 heteroatoms. The molecule has 2 aromatic rings. The maximum Gasteiger partial charge on any atom is 0.128 e. The van der Waals surface area contributed by atoms with E-state index in [0.29, 0.717) is 6.61 Å². The second-order valence-electron chi connectivity index (χ2n) is 4.24. The van der Waals surface area contributed by atoms with Crippen molar-refractivity contribution in [2.45, 2.75) is 26.8 Å². The molecule has 0 atom stereocenters. The van der Waals surface area contributed by atoms with Gasteiger partial charge in [-0.1, -0.05) is 13.0 Å². The summed E-state index contributed by atoms with van der Waals surface area (Å²) in [6.07, 6.45) is 3.17. The fourth-order valence-corrected chi connectivity index (χ4v) is 2.08. The maximum absolute atomic E-state index is 5.63. The van der Waals surface area contributed by atoms with Crippen molar-refractivity contribution in [3.8, 4) is 5.75 Å². The molecule has 98 valence electrons. The number of fused-ring (bicyclic) bond motifs is 1. The fraction of sp³-hybridized carbons (Fsp3) is 0.467. The first kappa shape index (κ1) is 13.0. The highest BCUT2D eigenvalue weighted by atomic mass is 16.5. The first-order valence-electron chi connectivity index (χ1n) is 6.65. The summed E-state index contributed by atoms with van der Waals surface area (Å²) in [7, 11) is 0. The Morgan fingerprint density at radius 3 is 2.78 bits per heavy atom. The van der Waals surface area contributed by atoms with Crippen molar-refractivity contribution in [3.05, 3.63) is 30.5 Å². The van der Waals surface area contributed by atoms with Crippen molar-refractivity contribution in [1.82, 2.24) is 4.57 Å². The second kappa shape index (κ2) is 6.45. The quantitative estimate of drug-likeness (QED) is 0.699. The van der Waals surface area contributed by atoms with Gasteiger partial charge in [-0.05, 0) is 31.5 Å². The third-order valence-corrected chi connectivity index (χ3v) is 2.90. The summed E-state index contributed by atoms with van der Waals surface area (Å²) >= 11 is 0. The summed E-state index contributed by atoms with van der Waals surface area (Å²) < 4.78 is 13.4. The first-order chi connectivity index (χ1) is 8.86. The van der Waals surface area contributed by atoms with Crippen LogP contribution in [-0.4, -0.2) is 24.4 Å². The zero-order valence-corrected chi connectivity index (χ0v) is 11.2. The zero-order chi connectivity index (χ0) is 12.8. The van der Waals surface area contributed by atoms with Gasteiger partial charge in [0.15, 0.2) is 0 Å². The molecule has 0 aliphatic rings. The Balaban J connectivity index is 2.12. The SMILES string of the molecule is CCCOCCn1ccc2c(OCC)cccc21. The Morgan fingerprint density at radius 2 is 2.00 bits per heavy atom. The average Bonchev–Trinajstić information content (AvgIpc) is 2.80. The van der Waals surface area contributed by atoms with Crippen LogP contribution in [0.2, 0.25) is 0 Å². The third-order valence-electron chi connectivity index (χ3n) is 2.90. The smallest absolute Gasteiger partial charge is 0.128 e. The van der Waals surface area contributed by atoms with E-state index in [0.717, 1.165) is 31.9 Å². The van der Waals surface area contributed by atoms with Crippen molar-refractivity contribution in [3.63, 3.8) is 0 Å². The second-order valence-corrected chi connectivity index (χ2v) is 4.24. The molecule has 0 fully saturated rings. The normalized spacial score (nSPS) is 11.0. The van der Waals surface area contributed by atoms with E-state index in [-0.39, 0.29) is 0 Å². The topological polar surface area (TPSA) is 23.4 Å². The van der Waals surface area contributed by atoms with Crippen molar-refractivity contribution < 1.29 is 9.47 Å². The van der Waals surface area contributed by atoms with Crippen LogP contribution in [0.15, 0.2) is 30.5 Å². The number of aromatic nitrogens is 1. The van der Waals surface area contributed by atoms with Crippen molar-refractivity contribution in [2.24, 2.45) is 0 Å². The van der Waals surface area contributed by atoms with Crippen LogP contribution in [0.5, 0.6) is 5.75 Å². The molecule has 0 aliphatic carbocycles. The van der Waals surface area contributed by atoms with Gasteiger partial charge in [0, 0.05) is 24.7 Å². The Labute approximate surface area is 108 Å². The lowest BCUT2D eigenvalue weighted by atomic mass is 10.2. The van der Waals surface area contributed by atoms with Gasteiger partial charge in [-0.25, -0.2) is 0 Å². The lowest BCUT2D eigenvalue weighted by Crippen LogP contribution is -2.05. The summed E-state index contributed by atoms with van der Waals surface area (Å²) in [4.78, 5) is 0. The van der Waals surface area contributed by atoms with Crippen LogP contribution < -0.4 is 4.74 Å². The molecule has 1 heterocycles. The van der Waals surface area contributed by atoms with Crippen LogP contribution >= 0.6 is 0 Å². The van der Waals surface area contributed by atoms with Crippen LogP contribution in [0.25, 0.3) is 10.9 Å². The van der Waals surface area contributed by atoms with E-state index >= 15 is 0 Å². The van der Waals surface area contributed by atoms with Crippen molar-refractivity contribution >= 4 is 10.9 Å². The molecule has 0 aliphatic heterocycles. The fourth-order valence-electron chi connectivity index (χ4n) is 2.08. The predicted molar refractivity (Wildman–Crippen MR) is 74.2 cm³/mol. The van der Waals surface area contributed by atoms with E-state index in [1.54, 1.807) is 0 Å². The predicted octanol–water partition coefficient (Wildman–Crippen LogP) is 3.47. The molecule has 0 saturated carbocycles. The van der Waals surface area contributed by atoms with Crippen LogP contribution in [-0.2, 0) is 11.3 Å². The van der Waals surface area contributed by atoms with Gasteiger partial charge in [-0.3, -0.25) is 0 Å². The Hall–Kier alpha value is -1.48. The third kappa shape index (κ3) is 2.85. The minimum atomic E-state index is 0.698. The number of hydrogen-bond acceptors (Lipinski definition) is 2. The highest BCUT2D eigenvalue weighted by molar-refractivity contribution is 5.86. The molecule has 3 nitrogen and oxygen atoms in total. The number of ether oxygens (including phenoxy) is 2. The Bertz CT molecular complexity index is 490. The zero-order valence-electron chi connectivity index (χ0n) is 11.2. The van der Waals surface area contributed by atoms with Crippen LogP contribution in [0, 0.1) is 0 Å². The van der Waals surface area contributed by atoms with Crippen molar-refractivity contribution in [2.75, 3.05) is 19.8 Å². The van der Waals surface area contributed by atoms with Gasteiger partial charge in [-0.15, -0.1) is 0 Å². The summed E-state index contributed by atoms with van der Waals surface area (Å²) in [5.41, 5.74) is 1.21. The van der Waals surface area contributed by atoms with Gasteiger partial charge in [0.1, 0.15) is 5.75 Å². The Kier molecular flexibility index (Phi) is 4.65. The van der Waals surface area contributed by atoms with Crippen molar-refractivity contribution in [1.29, 1.82) is 0 Å². The van der Waals surface area contributed by atoms with Gasteiger partial charge in [0.25, 0.3) is 0 Å². The molecule has 0 bridgehead atoms. The van der Waals surface area contributed by atoms with E-state index < -0.39 is 0 Å². The number of hydrogen-bond donors (Lipinski definition) is 0. The first-order valence-corrected chi connectivity index (χ1v) is 6.65. The molecule has 0 amide bonds. The molecule has 0 saturated heterocycles. The van der Waals surface area contributed by atoms with Gasteiger partial charge in [-0.2, -0.15) is 0 Å². The van der Waals surface area contributed by atoms with E-state index in [2.05, 4.69) is 29.8 Å². The van der Waals surface area contributed by atoms with E-state index in [1.807, 2.05) is 19.1 Å². The average molecular weight is 247 g/mol. The largest absolute Gasteiger partial charge is 0.493 e. The monoisotopic (exact) mass is 247 g/mol. The molecule has 18 heavy (non-hydrogen) atoms. The van der Waals surface area contributed by atoms with Crippen LogP contribution in [0.4, 0.5) is 0 Å². The van der Waals surface area contributed by atoms with Gasteiger partial charge >= 0.3 is 0 Å². The lowest BCUT2D eigenvalue weighted by molar-refractivity contribution is 0.127. The van der Waals surface area contributed by atoms with Gasteiger partial charge < -0.3 is 14.0 Å². The molecular formula is C15H21NO2. The minimum Gasteiger partial charge on any atom is -0.493 e. The molecule has 0 N–H and O–H groups in total. The molecule has 0 spiro atoms. The lowest BCUT2D eigenvalue weighted by Gasteiger charge is -2.08. The van der Waals surface area contributed by atoms with E-state index in [4.69, 9.17) is 9.47 Å². The maximum atomic E-state index is 5.63. The van der Waals surface area contributed by atoms with Gasteiger partial charge in [0.2, 0.25) is 0 Å². The summed E-state index contributed by atoms with van der Waals surface area (Å²) in [6.45, 7) is 7.32. The number of nitrogens with zero attached hydrogens (tertiary/aromatic N) is 1. The highest BCUT2D eigenvalue weighted by Crippen LogP contribution is 2.26. The van der Waals surface area contributed by atoms with Gasteiger partial charge in [0.05, 0.1) is 18.7 Å². The van der Waals surface area contributed by atoms with E-state index in [1.165, 1.54) is 10.9 Å². The summed E-state index contributed by atoms with van der Waals surface area (Å²) in [5, 5.41) is 1.18. The summed E-state index contributed by atoms with van der Waals surface area (Å²) in [6, 6.07) is 8.29. The highest BCUT2D eigenvalue weighted by Gasteiger charge is 2.05. The molecule has 1 aromatic heterocycles. The summed E-state index contributed by atoms with van der Waals surface area (Å²) in [5.74, 6) is 0.961. The minimum absolute atomic E-state index is 0.698. The van der Waals surface area contributed by atoms with Crippen LogP contribution in [0.1, 0.15) is 20.3 Å². The molecule has 1 aromatic carbocycles. The molecule has 2 rings (SSSR count). The number of rotatable bonds is 7. The standard InChI is InChI=1S/C15H21NO2/c1-3-11-17-12-10-16-9-8-13-14(16)6-5-7-15(13)18-4-2/h5-9H,3-4,10-12H2,1-2H3. The number of benzene rings is 1. The van der Waals surface area contributed by atoms with Crippen LogP contribution in [0.3, 0.4) is 0 Å². The van der Waals surface area contributed by atoms with E-state index in [9.17, 15) is 0 Å². The molecule has 0 radical (unpaired) electrons.